The molecule has 1 N–H and O–H groups in total. The summed E-state index contributed by atoms with van der Waals surface area (Å²) in [5.41, 5.74) is -0.239. The van der Waals surface area contributed by atoms with Crippen molar-refractivity contribution >= 4 is 27.5 Å². The maximum absolute atomic E-state index is 13.5. The van der Waals surface area contributed by atoms with Gasteiger partial charge < -0.3 is 10.2 Å². The lowest BCUT2D eigenvalue weighted by Crippen LogP contribution is -2.54. The molecule has 0 unspecified atom stereocenters. The average molecular weight is 528 g/mol. The highest BCUT2D eigenvalue weighted by Gasteiger charge is 2.34. The van der Waals surface area contributed by atoms with E-state index in [1.807, 2.05) is 19.1 Å². The predicted molar refractivity (Wildman–Crippen MR) is 133 cm³/mol. The van der Waals surface area contributed by atoms with Gasteiger partial charge in [0.2, 0.25) is 21.8 Å². The van der Waals surface area contributed by atoms with Gasteiger partial charge in [-0.1, -0.05) is 35.9 Å². The van der Waals surface area contributed by atoms with E-state index in [9.17, 15) is 31.2 Å². The average Bonchev–Trinajstić information content (AvgIpc) is 2.74. The van der Waals surface area contributed by atoms with Gasteiger partial charge in [-0.25, -0.2) is 8.42 Å². The van der Waals surface area contributed by atoms with Gasteiger partial charge in [0, 0.05) is 12.1 Å². The van der Waals surface area contributed by atoms with Crippen LogP contribution in [0.5, 0.6) is 0 Å². The lowest BCUT2D eigenvalue weighted by Gasteiger charge is -2.33. The Kier molecular flexibility index (Phi) is 8.82. The molecule has 0 spiro atoms. The van der Waals surface area contributed by atoms with E-state index in [0.717, 1.165) is 24.0 Å². The molecule has 11 heteroatoms. The number of nitrogens with one attached hydrogen (secondary N) is 1. The highest BCUT2D eigenvalue weighted by Crippen LogP contribution is 2.32. The van der Waals surface area contributed by atoms with Gasteiger partial charge in [-0.2, -0.15) is 13.2 Å². The van der Waals surface area contributed by atoms with Gasteiger partial charge in [-0.05, 0) is 58.4 Å². The van der Waals surface area contributed by atoms with Crippen LogP contribution in [0.4, 0.5) is 18.9 Å². The van der Waals surface area contributed by atoms with Crippen molar-refractivity contribution in [2.45, 2.75) is 58.9 Å². The van der Waals surface area contributed by atoms with Crippen LogP contribution in [0.25, 0.3) is 0 Å². The number of carbonyl (C=O) groups is 2. The van der Waals surface area contributed by atoms with Crippen LogP contribution in [-0.4, -0.2) is 49.5 Å². The first kappa shape index (κ1) is 29.2. The van der Waals surface area contributed by atoms with Crippen LogP contribution in [0.1, 0.15) is 44.4 Å². The van der Waals surface area contributed by atoms with Crippen molar-refractivity contribution < 1.29 is 31.2 Å². The molecular formula is C25H32F3N3O4S. The second kappa shape index (κ2) is 10.9. The van der Waals surface area contributed by atoms with Crippen LogP contribution >= 0.6 is 0 Å². The monoisotopic (exact) mass is 527 g/mol. The summed E-state index contributed by atoms with van der Waals surface area (Å²) in [5.74, 6) is -1.19. The van der Waals surface area contributed by atoms with E-state index in [1.165, 1.54) is 17.9 Å². The Morgan fingerprint density at radius 2 is 1.61 bits per heavy atom. The first-order chi connectivity index (χ1) is 16.4. The summed E-state index contributed by atoms with van der Waals surface area (Å²) in [6.45, 7) is 7.97. The Labute approximate surface area is 210 Å². The number of rotatable bonds is 8. The van der Waals surface area contributed by atoms with Crippen LogP contribution in [0, 0.1) is 6.92 Å². The van der Waals surface area contributed by atoms with E-state index in [1.54, 1.807) is 32.9 Å². The number of benzene rings is 2. The molecule has 2 aromatic rings. The number of anilines is 1. The molecule has 2 rings (SSSR count). The Hall–Kier alpha value is -3.08. The molecule has 0 saturated heterocycles. The van der Waals surface area contributed by atoms with Crippen LogP contribution in [0.3, 0.4) is 0 Å². The highest BCUT2D eigenvalue weighted by atomic mass is 32.2. The number of halogens is 3. The molecule has 0 heterocycles. The van der Waals surface area contributed by atoms with Gasteiger partial charge in [0.25, 0.3) is 0 Å². The van der Waals surface area contributed by atoms with Crippen molar-refractivity contribution in [2.24, 2.45) is 0 Å². The van der Waals surface area contributed by atoms with Gasteiger partial charge >= 0.3 is 6.18 Å². The summed E-state index contributed by atoms with van der Waals surface area (Å²) >= 11 is 0. The number of nitrogens with zero attached hydrogens (tertiary/aromatic N) is 2. The van der Waals surface area contributed by atoms with Crippen molar-refractivity contribution in [2.75, 3.05) is 17.1 Å². The maximum atomic E-state index is 13.5. The van der Waals surface area contributed by atoms with Gasteiger partial charge in [-0.15, -0.1) is 0 Å². The third kappa shape index (κ3) is 8.25. The van der Waals surface area contributed by atoms with Crippen LogP contribution in [0.15, 0.2) is 48.5 Å². The smallest absolute Gasteiger partial charge is 0.350 e. The minimum Gasteiger partial charge on any atom is -0.350 e. The molecule has 0 bridgehead atoms. The van der Waals surface area contributed by atoms with E-state index in [0.29, 0.717) is 15.9 Å². The normalized spacial score (nSPS) is 13.1. The summed E-state index contributed by atoms with van der Waals surface area (Å²) in [6.07, 6.45) is -3.89. The topological polar surface area (TPSA) is 86.8 Å². The van der Waals surface area contributed by atoms with Crippen molar-refractivity contribution in [3.63, 3.8) is 0 Å². The fourth-order valence-electron chi connectivity index (χ4n) is 3.40. The fraction of sp³-hybridized carbons (Fsp3) is 0.440. The number of alkyl halides is 3. The quantitative estimate of drug-likeness (QED) is 0.560. The minimum atomic E-state index is -4.69. The van der Waals surface area contributed by atoms with E-state index in [4.69, 9.17) is 0 Å². The number of amides is 2. The van der Waals surface area contributed by atoms with Gasteiger partial charge in [0.15, 0.2) is 0 Å². The highest BCUT2D eigenvalue weighted by molar-refractivity contribution is 7.92. The summed E-state index contributed by atoms with van der Waals surface area (Å²) in [5, 5.41) is 2.80. The first-order valence-electron chi connectivity index (χ1n) is 11.2. The van der Waals surface area contributed by atoms with Crippen LogP contribution in [0.2, 0.25) is 0 Å². The number of sulfonamides is 1. The Morgan fingerprint density at radius 3 is 2.11 bits per heavy atom. The molecule has 1 atom stereocenters. The van der Waals surface area contributed by atoms with Crippen molar-refractivity contribution in [1.29, 1.82) is 0 Å². The molecule has 7 nitrogen and oxygen atoms in total. The predicted octanol–water partition coefficient (Wildman–Crippen LogP) is 4.11. The van der Waals surface area contributed by atoms with E-state index in [2.05, 4.69) is 5.32 Å². The Bertz CT molecular complexity index is 1190. The number of hydrogen-bond acceptors (Lipinski definition) is 4. The van der Waals surface area contributed by atoms with E-state index >= 15 is 0 Å². The summed E-state index contributed by atoms with van der Waals surface area (Å²) < 4.78 is 65.4. The zero-order valence-corrected chi connectivity index (χ0v) is 22.0. The first-order valence-corrected chi connectivity index (χ1v) is 13.1. The third-order valence-electron chi connectivity index (χ3n) is 5.28. The lowest BCUT2D eigenvalue weighted by atomic mass is 10.1. The Balaban J connectivity index is 2.45. The fourth-order valence-corrected chi connectivity index (χ4v) is 4.24. The molecule has 0 aliphatic rings. The number of carbonyl (C=O) groups excluding carboxylic acids is 2. The number of hydrogen-bond donors (Lipinski definition) is 1. The molecule has 0 aliphatic carbocycles. The molecule has 0 saturated carbocycles. The standard InChI is InChI=1S/C25H32F3N3O4S/c1-17-10-12-19(13-11-17)15-30(18(2)23(33)29-24(3,4)5)22(32)16-31(36(6,34)35)21-9-7-8-20(14-21)25(26,27)28/h7-14,18H,15-16H2,1-6H3,(H,29,33)/t18-/m1/s1. The van der Waals surface area contributed by atoms with Crippen LogP contribution in [-0.2, 0) is 32.3 Å². The van der Waals surface area contributed by atoms with Gasteiger partial charge in [0.1, 0.15) is 12.6 Å². The molecule has 2 aromatic carbocycles. The zero-order valence-electron chi connectivity index (χ0n) is 21.2. The van der Waals surface area contributed by atoms with E-state index in [-0.39, 0.29) is 12.2 Å². The summed E-state index contributed by atoms with van der Waals surface area (Å²) in [6, 6.07) is 10.0. The Morgan fingerprint density at radius 1 is 1.03 bits per heavy atom. The van der Waals surface area contributed by atoms with Gasteiger partial charge in [-0.3, -0.25) is 13.9 Å². The summed E-state index contributed by atoms with van der Waals surface area (Å²) in [4.78, 5) is 27.6. The SMILES string of the molecule is Cc1ccc(CN(C(=O)CN(c2cccc(C(F)(F)F)c2)S(C)(=O)=O)[C@H](C)C(=O)NC(C)(C)C)cc1. The van der Waals surface area contributed by atoms with Crippen molar-refractivity contribution in [3.8, 4) is 0 Å². The van der Waals surface area contributed by atoms with Crippen molar-refractivity contribution in [1.82, 2.24) is 10.2 Å². The maximum Gasteiger partial charge on any atom is 0.416 e. The molecule has 0 radical (unpaired) electrons. The second-order valence-electron chi connectivity index (χ2n) is 9.74. The zero-order chi connectivity index (χ0) is 27.5. The molecule has 0 fully saturated rings. The number of aryl methyl sites for hydroxylation is 1. The lowest BCUT2D eigenvalue weighted by molar-refractivity contribution is -0.140. The molecule has 198 valence electrons. The molecule has 2 amide bonds. The molecule has 0 aromatic heterocycles. The molecule has 36 heavy (non-hydrogen) atoms. The summed E-state index contributed by atoms with van der Waals surface area (Å²) in [7, 11) is -4.14. The minimum absolute atomic E-state index is 0.00195. The van der Waals surface area contributed by atoms with Gasteiger partial charge in [0.05, 0.1) is 17.5 Å². The van der Waals surface area contributed by atoms with Crippen molar-refractivity contribution in [3.05, 3.63) is 65.2 Å². The molecule has 0 aliphatic heterocycles. The third-order valence-corrected chi connectivity index (χ3v) is 6.42. The molecular weight excluding hydrogens is 495 g/mol. The van der Waals surface area contributed by atoms with E-state index < -0.39 is 51.7 Å². The second-order valence-corrected chi connectivity index (χ2v) is 11.6. The van der Waals surface area contributed by atoms with Crippen LogP contribution < -0.4 is 9.62 Å². The largest absolute Gasteiger partial charge is 0.416 e.